The molecule has 0 aliphatic carbocycles. The van der Waals surface area contributed by atoms with Crippen molar-refractivity contribution in [2.24, 2.45) is 17.8 Å². The molecule has 0 saturated heterocycles. The maximum atomic E-state index is 13.4. The van der Waals surface area contributed by atoms with Crippen LogP contribution in [-0.4, -0.2) is 10.7 Å². The molecule has 4 heteroatoms. The fourth-order valence-corrected chi connectivity index (χ4v) is 5.04. The number of hydrogen-bond acceptors (Lipinski definition) is 1. The van der Waals surface area contributed by atoms with Crippen LogP contribution in [0, 0.1) is 35.2 Å². The lowest BCUT2D eigenvalue weighted by Crippen LogP contribution is -2.47. The third-order valence-corrected chi connectivity index (χ3v) is 6.97. The molecule has 0 fully saturated rings. The summed E-state index contributed by atoms with van der Waals surface area (Å²) in [6.45, 7) is 10.7. The van der Waals surface area contributed by atoms with Crippen LogP contribution in [0.5, 0.6) is 0 Å². The van der Waals surface area contributed by atoms with Crippen molar-refractivity contribution in [3.63, 3.8) is 0 Å². The minimum Gasteiger partial charge on any atom is -0.389 e. The van der Waals surface area contributed by atoms with Gasteiger partial charge in [-0.25, -0.2) is 13.2 Å². The molecule has 0 aliphatic rings. The van der Waals surface area contributed by atoms with E-state index in [1.165, 1.54) is 32.1 Å². The van der Waals surface area contributed by atoms with Crippen molar-refractivity contribution in [2.45, 2.75) is 117 Å². The minimum atomic E-state index is -1.40. The molecular formula is C27H45F3O. The lowest BCUT2D eigenvalue weighted by molar-refractivity contribution is -0.102. The monoisotopic (exact) mass is 442 g/mol. The summed E-state index contributed by atoms with van der Waals surface area (Å²) < 4.78 is 39.9. The topological polar surface area (TPSA) is 20.2 Å². The summed E-state index contributed by atoms with van der Waals surface area (Å²) in [5.41, 5.74) is -0.173. The molecule has 1 N–H and O–H groups in total. The fraction of sp³-hybridized carbons (Fsp3) is 0.778. The Bertz CT molecular complexity index is 596. The second-order valence-electron chi connectivity index (χ2n) is 9.92. The summed E-state index contributed by atoms with van der Waals surface area (Å²) in [5, 5.41) is 11.6. The molecule has 0 amide bonds. The van der Waals surface area contributed by atoms with Gasteiger partial charge in [0.05, 0.1) is 5.60 Å². The average molecular weight is 443 g/mol. The summed E-state index contributed by atoms with van der Waals surface area (Å²) in [6, 6.07) is 2.19. The Morgan fingerprint density at radius 3 is 1.68 bits per heavy atom. The highest BCUT2D eigenvalue weighted by molar-refractivity contribution is 5.19. The van der Waals surface area contributed by atoms with E-state index in [0.717, 1.165) is 50.7 Å². The van der Waals surface area contributed by atoms with E-state index in [0.29, 0.717) is 12.0 Å². The fourth-order valence-electron chi connectivity index (χ4n) is 5.04. The Labute approximate surface area is 188 Å². The molecule has 0 spiro atoms. The highest BCUT2D eigenvalue weighted by atomic mass is 19.2. The van der Waals surface area contributed by atoms with E-state index in [-0.39, 0.29) is 17.8 Å². The predicted molar refractivity (Wildman–Crippen MR) is 125 cm³/mol. The van der Waals surface area contributed by atoms with E-state index in [2.05, 4.69) is 34.6 Å². The molecule has 0 radical (unpaired) electrons. The lowest BCUT2D eigenvalue weighted by atomic mass is 9.68. The zero-order valence-electron chi connectivity index (χ0n) is 20.5. The van der Waals surface area contributed by atoms with Crippen LogP contribution >= 0.6 is 0 Å². The lowest BCUT2D eigenvalue weighted by Gasteiger charge is -2.43. The second kappa shape index (κ2) is 14.2. The number of halogens is 3. The Kier molecular flexibility index (Phi) is 12.8. The molecule has 0 saturated carbocycles. The summed E-state index contributed by atoms with van der Waals surface area (Å²) in [5.74, 6) is -2.98. The Morgan fingerprint density at radius 2 is 1.19 bits per heavy atom. The standard InChI is InChI=1S/C27H45F3O/c1-6-7-8-9-10-13-16-23(27(31,20(2)3)21(4)5)17-14-11-12-15-22-18-24(28)26(30)25(29)19-22/h18-21,23,31H,6-17H2,1-5H3. The normalized spacial score (nSPS) is 13.4. The maximum Gasteiger partial charge on any atom is 0.194 e. The second-order valence-corrected chi connectivity index (χ2v) is 9.92. The SMILES string of the molecule is CCCCCCCCC(CCCCCc1cc(F)c(F)c(F)c1)C(O)(C(C)C)C(C)C. The molecule has 1 nitrogen and oxygen atoms in total. The first-order chi connectivity index (χ1) is 14.6. The van der Waals surface area contributed by atoms with Crippen LogP contribution in [0.1, 0.15) is 111 Å². The first kappa shape index (κ1) is 28.0. The zero-order valence-corrected chi connectivity index (χ0v) is 20.5. The van der Waals surface area contributed by atoms with E-state index >= 15 is 0 Å². The highest BCUT2D eigenvalue weighted by Gasteiger charge is 2.41. The van der Waals surface area contributed by atoms with Gasteiger partial charge in [-0.3, -0.25) is 0 Å². The van der Waals surface area contributed by atoms with E-state index in [1.807, 2.05) is 0 Å². The summed E-state index contributed by atoms with van der Waals surface area (Å²) in [7, 11) is 0. The van der Waals surface area contributed by atoms with Gasteiger partial charge in [0.2, 0.25) is 0 Å². The smallest absolute Gasteiger partial charge is 0.194 e. The van der Waals surface area contributed by atoms with Crippen LogP contribution in [0.15, 0.2) is 12.1 Å². The summed E-state index contributed by atoms with van der Waals surface area (Å²) >= 11 is 0. The number of benzene rings is 1. The van der Waals surface area contributed by atoms with Crippen LogP contribution < -0.4 is 0 Å². The molecule has 1 aromatic carbocycles. The van der Waals surface area contributed by atoms with Gasteiger partial charge in [0.1, 0.15) is 0 Å². The van der Waals surface area contributed by atoms with E-state index in [4.69, 9.17) is 0 Å². The van der Waals surface area contributed by atoms with Gasteiger partial charge in [0, 0.05) is 0 Å². The van der Waals surface area contributed by atoms with Crippen molar-refractivity contribution in [1.29, 1.82) is 0 Å². The number of rotatable bonds is 16. The van der Waals surface area contributed by atoms with Gasteiger partial charge in [-0.05, 0) is 61.1 Å². The van der Waals surface area contributed by atoms with Crippen molar-refractivity contribution in [1.82, 2.24) is 0 Å². The van der Waals surface area contributed by atoms with Gasteiger partial charge in [-0.15, -0.1) is 0 Å². The number of aliphatic hydroxyl groups is 1. The van der Waals surface area contributed by atoms with E-state index in [9.17, 15) is 18.3 Å². The molecule has 1 unspecified atom stereocenters. The molecule has 0 aliphatic heterocycles. The molecule has 0 aromatic heterocycles. The van der Waals surface area contributed by atoms with Crippen molar-refractivity contribution in [2.75, 3.05) is 0 Å². The van der Waals surface area contributed by atoms with Crippen molar-refractivity contribution < 1.29 is 18.3 Å². The molecule has 1 rings (SSSR count). The van der Waals surface area contributed by atoms with Crippen LogP contribution in [-0.2, 0) is 6.42 Å². The molecule has 1 atom stereocenters. The van der Waals surface area contributed by atoms with E-state index in [1.54, 1.807) is 0 Å². The van der Waals surface area contributed by atoms with Gasteiger partial charge in [0.25, 0.3) is 0 Å². The third kappa shape index (κ3) is 8.79. The molecule has 1 aromatic rings. The van der Waals surface area contributed by atoms with Gasteiger partial charge in [-0.2, -0.15) is 0 Å². The van der Waals surface area contributed by atoms with Gasteiger partial charge in [-0.1, -0.05) is 86.0 Å². The van der Waals surface area contributed by atoms with Gasteiger partial charge >= 0.3 is 0 Å². The van der Waals surface area contributed by atoms with Gasteiger partial charge in [0.15, 0.2) is 17.5 Å². The number of unbranched alkanes of at least 4 members (excludes halogenated alkanes) is 7. The average Bonchev–Trinajstić information content (AvgIpc) is 2.71. The van der Waals surface area contributed by atoms with Crippen molar-refractivity contribution in [3.8, 4) is 0 Å². The third-order valence-electron chi connectivity index (χ3n) is 6.97. The molecular weight excluding hydrogens is 397 g/mol. The molecule has 0 heterocycles. The van der Waals surface area contributed by atoms with Crippen molar-refractivity contribution >= 4 is 0 Å². The predicted octanol–water partition coefficient (Wildman–Crippen LogP) is 8.62. The Hall–Kier alpha value is -1.03. The molecule has 180 valence electrons. The van der Waals surface area contributed by atoms with Crippen molar-refractivity contribution in [3.05, 3.63) is 35.1 Å². The first-order valence-electron chi connectivity index (χ1n) is 12.5. The van der Waals surface area contributed by atoms with E-state index < -0.39 is 23.1 Å². The van der Waals surface area contributed by atoms with Crippen LogP contribution in [0.4, 0.5) is 13.2 Å². The quantitative estimate of drug-likeness (QED) is 0.201. The minimum absolute atomic E-state index is 0.197. The summed E-state index contributed by atoms with van der Waals surface area (Å²) in [6.07, 6.45) is 12.8. The maximum absolute atomic E-state index is 13.4. The summed E-state index contributed by atoms with van der Waals surface area (Å²) in [4.78, 5) is 0. The first-order valence-corrected chi connectivity index (χ1v) is 12.5. The van der Waals surface area contributed by atoms with Gasteiger partial charge < -0.3 is 5.11 Å². The largest absolute Gasteiger partial charge is 0.389 e. The zero-order chi connectivity index (χ0) is 23.4. The Morgan fingerprint density at radius 1 is 0.742 bits per heavy atom. The van der Waals surface area contributed by atoms with Crippen LogP contribution in [0.3, 0.4) is 0 Å². The highest BCUT2D eigenvalue weighted by Crippen LogP contribution is 2.39. The number of hydrogen-bond donors (Lipinski definition) is 1. The number of aryl methyl sites for hydroxylation is 1. The molecule has 0 bridgehead atoms. The Balaban J connectivity index is 2.58. The van der Waals surface area contributed by atoms with Crippen LogP contribution in [0.25, 0.3) is 0 Å². The van der Waals surface area contributed by atoms with Crippen LogP contribution in [0.2, 0.25) is 0 Å². The molecule has 31 heavy (non-hydrogen) atoms.